The van der Waals surface area contributed by atoms with Gasteiger partial charge in [0.2, 0.25) is 5.95 Å². The molecule has 45 heavy (non-hydrogen) atoms. The summed E-state index contributed by atoms with van der Waals surface area (Å²) < 4.78 is 20.9. The Hall–Kier alpha value is -4.33. The molecule has 0 bridgehead atoms. The van der Waals surface area contributed by atoms with Crippen molar-refractivity contribution >= 4 is 33.7 Å². The zero-order valence-corrected chi connectivity index (χ0v) is 26.6. The second-order valence-corrected chi connectivity index (χ2v) is 11.7. The molecule has 7 heterocycles. The van der Waals surface area contributed by atoms with E-state index in [0.717, 1.165) is 109 Å². The first-order valence-electron chi connectivity index (χ1n) is 15.5. The Labute approximate surface area is 262 Å². The van der Waals surface area contributed by atoms with Crippen LogP contribution >= 0.6 is 0 Å². The molecular weight excluding hydrogens is 572 g/mol. The highest BCUT2D eigenvalue weighted by Crippen LogP contribution is 2.34. The van der Waals surface area contributed by atoms with Crippen molar-refractivity contribution in [1.29, 1.82) is 0 Å². The number of methoxy groups -OCH3 is 2. The molecule has 0 amide bonds. The van der Waals surface area contributed by atoms with Gasteiger partial charge in [0.1, 0.15) is 11.3 Å². The molecule has 5 aromatic rings. The monoisotopic (exact) mass is 612 g/mol. The number of piperazine rings is 1. The molecule has 13 nitrogen and oxygen atoms in total. The topological polar surface area (TPSA) is 112 Å². The quantitative estimate of drug-likeness (QED) is 0.258. The van der Waals surface area contributed by atoms with Crippen molar-refractivity contribution in [3.63, 3.8) is 0 Å². The van der Waals surface area contributed by atoms with E-state index in [9.17, 15) is 0 Å². The van der Waals surface area contributed by atoms with E-state index in [2.05, 4.69) is 44.3 Å². The number of morpholine rings is 1. The van der Waals surface area contributed by atoms with E-state index in [-0.39, 0.29) is 6.10 Å². The van der Waals surface area contributed by atoms with Crippen LogP contribution in [0.15, 0.2) is 36.8 Å². The maximum Gasteiger partial charge on any atom is 0.206 e. The predicted molar refractivity (Wildman–Crippen MR) is 174 cm³/mol. The van der Waals surface area contributed by atoms with E-state index in [1.165, 1.54) is 0 Å². The lowest BCUT2D eigenvalue weighted by atomic mass is 10.1. The third kappa shape index (κ3) is 5.45. The van der Waals surface area contributed by atoms with E-state index in [1.54, 1.807) is 26.6 Å². The number of imidazole rings is 1. The maximum absolute atomic E-state index is 5.89. The van der Waals surface area contributed by atoms with Crippen molar-refractivity contribution < 1.29 is 14.2 Å². The normalized spacial score (nSPS) is 17.9. The van der Waals surface area contributed by atoms with Gasteiger partial charge in [0, 0.05) is 89.5 Å². The van der Waals surface area contributed by atoms with Gasteiger partial charge in [-0.3, -0.25) is 14.9 Å². The number of pyridine rings is 3. The van der Waals surface area contributed by atoms with E-state index in [0.29, 0.717) is 12.4 Å². The van der Waals surface area contributed by atoms with Gasteiger partial charge in [-0.2, -0.15) is 5.10 Å². The molecule has 0 radical (unpaired) electrons. The molecule has 5 aromatic heterocycles. The van der Waals surface area contributed by atoms with Gasteiger partial charge in [0.15, 0.2) is 11.6 Å². The van der Waals surface area contributed by atoms with Crippen molar-refractivity contribution in [3.05, 3.63) is 42.5 Å². The number of fused-ring (bicyclic) bond motifs is 2. The number of anilines is 2. The SMILES string of the molecule is COCCN1CCN(c2nc3c(N4CCO[C@@H](C)C4)nc(-n4ncc5c(C)nc(-c6cnccc6OC)cc54)cc3n2C)CC1. The summed E-state index contributed by atoms with van der Waals surface area (Å²) in [5, 5.41) is 5.80. The Balaban J connectivity index is 1.34. The molecule has 2 saturated heterocycles. The summed E-state index contributed by atoms with van der Waals surface area (Å²) in [6.45, 7) is 11.7. The summed E-state index contributed by atoms with van der Waals surface area (Å²) >= 11 is 0. The largest absolute Gasteiger partial charge is 0.496 e. The van der Waals surface area contributed by atoms with E-state index in [4.69, 9.17) is 34.3 Å². The minimum Gasteiger partial charge on any atom is -0.496 e. The fraction of sp³-hybridized carbons (Fsp3) is 0.469. The molecule has 0 N–H and O–H groups in total. The Morgan fingerprint density at radius 3 is 2.60 bits per heavy atom. The smallest absolute Gasteiger partial charge is 0.206 e. The summed E-state index contributed by atoms with van der Waals surface area (Å²) in [7, 11) is 5.51. The Kier molecular flexibility index (Phi) is 7.98. The van der Waals surface area contributed by atoms with Crippen LogP contribution in [0.2, 0.25) is 0 Å². The van der Waals surface area contributed by atoms with Crippen LogP contribution in [0.3, 0.4) is 0 Å². The van der Waals surface area contributed by atoms with Crippen LogP contribution in [0.1, 0.15) is 12.6 Å². The van der Waals surface area contributed by atoms with Crippen molar-refractivity contribution in [3.8, 4) is 22.8 Å². The van der Waals surface area contributed by atoms with Gasteiger partial charge in [-0.1, -0.05) is 0 Å². The molecule has 1 atom stereocenters. The minimum atomic E-state index is 0.0962. The number of ether oxygens (including phenoxy) is 3. The Morgan fingerprint density at radius 2 is 1.82 bits per heavy atom. The number of nitrogens with zero attached hydrogens (tertiary/aromatic N) is 10. The fourth-order valence-corrected chi connectivity index (χ4v) is 6.41. The van der Waals surface area contributed by atoms with Gasteiger partial charge in [-0.05, 0) is 26.0 Å². The fourth-order valence-electron chi connectivity index (χ4n) is 6.41. The van der Waals surface area contributed by atoms with Gasteiger partial charge in [-0.15, -0.1) is 0 Å². The van der Waals surface area contributed by atoms with Crippen molar-refractivity contribution in [2.75, 3.05) is 83.0 Å². The predicted octanol–water partition coefficient (Wildman–Crippen LogP) is 3.07. The highest BCUT2D eigenvalue weighted by atomic mass is 16.5. The van der Waals surface area contributed by atoms with E-state index >= 15 is 0 Å². The molecule has 236 valence electrons. The molecule has 0 spiro atoms. The summed E-state index contributed by atoms with van der Waals surface area (Å²) in [5.41, 5.74) is 5.27. The van der Waals surface area contributed by atoms with Gasteiger partial charge < -0.3 is 28.6 Å². The number of hydrogen-bond acceptors (Lipinski definition) is 11. The average Bonchev–Trinajstić information content (AvgIpc) is 3.65. The lowest BCUT2D eigenvalue weighted by molar-refractivity contribution is 0.0530. The minimum absolute atomic E-state index is 0.0962. The molecule has 13 heteroatoms. The first kappa shape index (κ1) is 29.4. The second-order valence-electron chi connectivity index (χ2n) is 11.7. The van der Waals surface area contributed by atoms with Crippen LogP contribution < -0.4 is 14.5 Å². The summed E-state index contributed by atoms with van der Waals surface area (Å²) in [5.74, 6) is 3.24. The van der Waals surface area contributed by atoms with Gasteiger partial charge in [0.25, 0.3) is 0 Å². The molecule has 2 aliphatic heterocycles. The lowest BCUT2D eigenvalue weighted by Gasteiger charge is -2.35. The van der Waals surface area contributed by atoms with Crippen molar-refractivity contribution in [2.24, 2.45) is 7.05 Å². The molecular formula is C32H40N10O3. The zero-order chi connectivity index (χ0) is 31.1. The van der Waals surface area contributed by atoms with E-state index in [1.807, 2.05) is 29.9 Å². The number of aromatic nitrogens is 7. The van der Waals surface area contributed by atoms with Crippen LogP contribution in [0.25, 0.3) is 39.0 Å². The molecule has 0 unspecified atom stereocenters. The molecule has 0 saturated carbocycles. The van der Waals surface area contributed by atoms with Crippen LogP contribution in [-0.4, -0.2) is 119 Å². The maximum atomic E-state index is 5.89. The highest BCUT2D eigenvalue weighted by molar-refractivity contribution is 5.92. The van der Waals surface area contributed by atoms with Crippen molar-refractivity contribution in [1.82, 2.24) is 39.2 Å². The van der Waals surface area contributed by atoms with Crippen LogP contribution in [0.5, 0.6) is 5.75 Å². The van der Waals surface area contributed by atoms with Crippen LogP contribution in [0.4, 0.5) is 11.8 Å². The lowest BCUT2D eigenvalue weighted by Crippen LogP contribution is -2.48. The van der Waals surface area contributed by atoms with Gasteiger partial charge >= 0.3 is 0 Å². The van der Waals surface area contributed by atoms with E-state index < -0.39 is 0 Å². The highest BCUT2D eigenvalue weighted by Gasteiger charge is 2.27. The molecule has 0 aromatic carbocycles. The number of aryl methyl sites for hydroxylation is 2. The van der Waals surface area contributed by atoms with Crippen LogP contribution in [0, 0.1) is 6.92 Å². The Bertz CT molecular complexity index is 1830. The third-order valence-corrected chi connectivity index (χ3v) is 8.87. The second kappa shape index (κ2) is 12.2. The molecule has 2 aliphatic rings. The van der Waals surface area contributed by atoms with Gasteiger partial charge in [-0.25, -0.2) is 14.6 Å². The van der Waals surface area contributed by atoms with Crippen LogP contribution in [-0.2, 0) is 16.5 Å². The number of rotatable bonds is 8. The summed E-state index contributed by atoms with van der Waals surface area (Å²) in [6.07, 6.45) is 5.46. The molecule has 2 fully saturated rings. The molecule has 7 rings (SSSR count). The summed E-state index contributed by atoms with van der Waals surface area (Å²) in [6, 6.07) is 5.98. The Morgan fingerprint density at radius 1 is 0.978 bits per heavy atom. The third-order valence-electron chi connectivity index (χ3n) is 8.87. The average molecular weight is 613 g/mol. The standard InChI is InChI=1S/C32H40N10O3/c1-21-20-41(13-15-45-21)31-30-27(38(3)32(37-30)40-10-8-39(9-11-40)12-14-43-4)17-29(36-31)42-26-16-25(35-22(2)23(26)19-34-42)24-18-33-7-6-28(24)44-5/h6-7,16-19,21H,8-15,20H2,1-5H3/t21-/m0/s1. The zero-order valence-electron chi connectivity index (χ0n) is 26.6. The summed E-state index contributed by atoms with van der Waals surface area (Å²) in [4.78, 5) is 26.8. The first-order valence-corrected chi connectivity index (χ1v) is 15.5. The van der Waals surface area contributed by atoms with Crippen molar-refractivity contribution in [2.45, 2.75) is 20.0 Å². The molecule has 0 aliphatic carbocycles. The number of hydrogen-bond donors (Lipinski definition) is 0. The van der Waals surface area contributed by atoms with Gasteiger partial charge in [0.05, 0.1) is 54.9 Å². The first-order chi connectivity index (χ1) is 21.9.